The standard InChI is InChI=1S/C18H25N3O7/c1-9-5-11-12(6-10(9)2)21(7-13(24)16(26)14(25)8-23)18(28)15(20-11)17(27)19-3-4-22/h5-6,13-14,16,22-26H,3-4,7-8H2,1-2H3,(H,19,27)/t13-,14+,16-/m0/s1. The van der Waals surface area contributed by atoms with Gasteiger partial charge in [-0.2, -0.15) is 0 Å². The van der Waals surface area contributed by atoms with Crippen LogP contribution in [0.4, 0.5) is 0 Å². The quantitative estimate of drug-likeness (QED) is 0.293. The van der Waals surface area contributed by atoms with Crippen LogP contribution in [0.1, 0.15) is 21.6 Å². The highest BCUT2D eigenvalue weighted by atomic mass is 16.4. The molecule has 3 atom stereocenters. The molecular weight excluding hydrogens is 370 g/mol. The van der Waals surface area contributed by atoms with Crippen molar-refractivity contribution in [1.29, 1.82) is 0 Å². The fraction of sp³-hybridized carbons (Fsp3) is 0.500. The number of nitrogens with zero attached hydrogens (tertiary/aromatic N) is 2. The van der Waals surface area contributed by atoms with Crippen molar-refractivity contribution in [1.82, 2.24) is 14.9 Å². The predicted molar refractivity (Wildman–Crippen MR) is 100 cm³/mol. The fourth-order valence-corrected chi connectivity index (χ4v) is 2.74. The number of aromatic nitrogens is 2. The maximum Gasteiger partial charge on any atom is 0.282 e. The molecule has 0 spiro atoms. The van der Waals surface area contributed by atoms with E-state index in [0.29, 0.717) is 11.0 Å². The van der Waals surface area contributed by atoms with Crippen molar-refractivity contribution in [3.8, 4) is 0 Å². The zero-order valence-electron chi connectivity index (χ0n) is 15.7. The van der Waals surface area contributed by atoms with Crippen LogP contribution in [0.25, 0.3) is 11.0 Å². The number of benzene rings is 1. The molecule has 154 valence electrons. The summed E-state index contributed by atoms with van der Waals surface area (Å²) >= 11 is 0. The second kappa shape index (κ2) is 9.22. The van der Waals surface area contributed by atoms with Crippen LogP contribution in [-0.2, 0) is 6.54 Å². The molecule has 10 heteroatoms. The van der Waals surface area contributed by atoms with Crippen LogP contribution in [-0.4, -0.2) is 79.1 Å². The normalized spacial score (nSPS) is 14.7. The molecule has 2 aromatic rings. The number of fused-ring (bicyclic) bond motifs is 1. The lowest BCUT2D eigenvalue weighted by molar-refractivity contribution is -0.0805. The van der Waals surface area contributed by atoms with Gasteiger partial charge in [0.05, 0.1) is 30.8 Å². The summed E-state index contributed by atoms with van der Waals surface area (Å²) in [5.41, 5.74) is 1.19. The monoisotopic (exact) mass is 395 g/mol. The third-order valence-corrected chi connectivity index (χ3v) is 4.52. The Balaban J connectivity index is 2.60. The van der Waals surface area contributed by atoms with E-state index in [9.17, 15) is 24.9 Å². The molecule has 2 rings (SSSR count). The maximum absolute atomic E-state index is 12.9. The molecule has 1 aromatic carbocycles. The zero-order chi connectivity index (χ0) is 21.0. The number of nitrogens with one attached hydrogen (secondary N) is 1. The Morgan fingerprint density at radius 3 is 2.39 bits per heavy atom. The summed E-state index contributed by atoms with van der Waals surface area (Å²) in [5, 5.41) is 49.8. The van der Waals surface area contributed by atoms with Crippen LogP contribution >= 0.6 is 0 Å². The lowest BCUT2D eigenvalue weighted by Gasteiger charge is -2.23. The Bertz CT molecular complexity index is 912. The second-order valence-corrected chi connectivity index (χ2v) is 6.59. The molecule has 0 bridgehead atoms. The molecule has 1 aromatic heterocycles. The van der Waals surface area contributed by atoms with Crippen LogP contribution in [0, 0.1) is 13.8 Å². The van der Waals surface area contributed by atoms with Gasteiger partial charge in [0.2, 0.25) is 0 Å². The van der Waals surface area contributed by atoms with Gasteiger partial charge in [-0.15, -0.1) is 0 Å². The molecular formula is C18H25N3O7. The Morgan fingerprint density at radius 1 is 1.14 bits per heavy atom. The molecule has 1 heterocycles. The van der Waals surface area contributed by atoms with Crippen LogP contribution in [0.3, 0.4) is 0 Å². The number of aryl methyl sites for hydroxylation is 2. The topological polar surface area (TPSA) is 165 Å². The molecule has 6 N–H and O–H groups in total. The number of rotatable bonds is 8. The van der Waals surface area contributed by atoms with Crippen LogP contribution in [0.15, 0.2) is 16.9 Å². The van der Waals surface area contributed by atoms with Gasteiger partial charge >= 0.3 is 0 Å². The minimum absolute atomic E-state index is 0.0606. The average molecular weight is 395 g/mol. The average Bonchev–Trinajstić information content (AvgIpc) is 2.68. The first-order chi connectivity index (χ1) is 13.2. The number of carbonyl (C=O) groups excluding carboxylic acids is 1. The fourth-order valence-electron chi connectivity index (χ4n) is 2.74. The number of amides is 1. The van der Waals surface area contributed by atoms with Crippen molar-refractivity contribution in [2.45, 2.75) is 38.7 Å². The third-order valence-electron chi connectivity index (χ3n) is 4.52. The second-order valence-electron chi connectivity index (χ2n) is 6.59. The molecule has 0 radical (unpaired) electrons. The van der Waals surface area contributed by atoms with E-state index < -0.39 is 48.6 Å². The van der Waals surface area contributed by atoms with E-state index in [2.05, 4.69) is 10.3 Å². The summed E-state index contributed by atoms with van der Waals surface area (Å²) in [5.74, 6) is -0.779. The third kappa shape index (κ3) is 4.54. The summed E-state index contributed by atoms with van der Waals surface area (Å²) in [6, 6.07) is 3.37. The minimum atomic E-state index is -1.70. The first kappa shape index (κ1) is 21.9. The van der Waals surface area contributed by atoms with E-state index in [1.807, 2.05) is 13.8 Å². The lowest BCUT2D eigenvalue weighted by Crippen LogP contribution is -2.44. The highest BCUT2D eigenvalue weighted by Gasteiger charge is 2.26. The number of aliphatic hydroxyl groups is 5. The van der Waals surface area contributed by atoms with Crippen LogP contribution < -0.4 is 10.9 Å². The molecule has 0 saturated heterocycles. The van der Waals surface area contributed by atoms with Crippen LogP contribution in [0.2, 0.25) is 0 Å². The summed E-state index contributed by atoms with van der Waals surface area (Å²) in [4.78, 5) is 29.3. The van der Waals surface area contributed by atoms with E-state index in [0.717, 1.165) is 15.7 Å². The number of hydrogen-bond donors (Lipinski definition) is 6. The highest BCUT2D eigenvalue weighted by Crippen LogP contribution is 2.18. The first-order valence-corrected chi connectivity index (χ1v) is 8.77. The van der Waals surface area contributed by atoms with Crippen LogP contribution in [0.5, 0.6) is 0 Å². The van der Waals surface area contributed by atoms with Gasteiger partial charge in [-0.3, -0.25) is 9.59 Å². The van der Waals surface area contributed by atoms with E-state index in [1.54, 1.807) is 12.1 Å². The van der Waals surface area contributed by atoms with Gasteiger partial charge in [-0.05, 0) is 37.1 Å². The summed E-state index contributed by atoms with van der Waals surface area (Å²) in [6.07, 6.45) is -4.87. The van der Waals surface area contributed by atoms with Gasteiger partial charge in [0, 0.05) is 6.54 Å². The van der Waals surface area contributed by atoms with E-state index in [4.69, 9.17) is 10.2 Å². The van der Waals surface area contributed by atoms with E-state index >= 15 is 0 Å². The Kier molecular flexibility index (Phi) is 7.22. The van der Waals surface area contributed by atoms with E-state index in [1.165, 1.54) is 0 Å². The molecule has 0 aliphatic carbocycles. The highest BCUT2D eigenvalue weighted by molar-refractivity contribution is 5.94. The zero-order valence-corrected chi connectivity index (χ0v) is 15.7. The molecule has 0 aliphatic rings. The van der Waals surface area contributed by atoms with E-state index in [-0.39, 0.29) is 13.2 Å². The molecule has 0 unspecified atom stereocenters. The number of hydrogen-bond acceptors (Lipinski definition) is 8. The van der Waals surface area contributed by atoms with Gasteiger partial charge in [-0.25, -0.2) is 4.98 Å². The Morgan fingerprint density at radius 2 is 1.79 bits per heavy atom. The summed E-state index contributed by atoms with van der Waals surface area (Å²) in [6.45, 7) is 2.10. The molecule has 0 fully saturated rings. The van der Waals surface area contributed by atoms with Crippen molar-refractivity contribution < 1.29 is 30.3 Å². The first-order valence-electron chi connectivity index (χ1n) is 8.77. The predicted octanol–water partition coefficient (Wildman–Crippen LogP) is -2.19. The number of carbonyl (C=O) groups is 1. The van der Waals surface area contributed by atoms with Gasteiger partial charge < -0.3 is 35.4 Å². The van der Waals surface area contributed by atoms with Crippen molar-refractivity contribution in [2.75, 3.05) is 19.8 Å². The van der Waals surface area contributed by atoms with Gasteiger partial charge in [0.25, 0.3) is 11.5 Å². The van der Waals surface area contributed by atoms with Crippen molar-refractivity contribution in [3.05, 3.63) is 39.3 Å². The Labute approximate surface area is 160 Å². The largest absolute Gasteiger partial charge is 0.395 e. The SMILES string of the molecule is Cc1cc2nc(C(=O)NCCO)c(=O)n(C[C@H](O)[C@H](O)[C@H](O)CO)c2cc1C. The van der Waals surface area contributed by atoms with Crippen molar-refractivity contribution >= 4 is 16.9 Å². The maximum atomic E-state index is 12.9. The summed E-state index contributed by atoms with van der Waals surface area (Å²) in [7, 11) is 0. The van der Waals surface area contributed by atoms with Crippen molar-refractivity contribution in [3.63, 3.8) is 0 Å². The molecule has 10 nitrogen and oxygen atoms in total. The van der Waals surface area contributed by atoms with Gasteiger partial charge in [-0.1, -0.05) is 0 Å². The summed E-state index contributed by atoms with van der Waals surface area (Å²) < 4.78 is 1.10. The molecule has 0 aliphatic heterocycles. The minimum Gasteiger partial charge on any atom is -0.395 e. The molecule has 0 saturated carbocycles. The smallest absolute Gasteiger partial charge is 0.282 e. The molecule has 1 amide bonds. The molecule has 28 heavy (non-hydrogen) atoms. The van der Waals surface area contributed by atoms with Gasteiger partial charge in [0.1, 0.15) is 18.3 Å². The Hall–Kier alpha value is -2.37. The lowest BCUT2D eigenvalue weighted by atomic mass is 10.1. The van der Waals surface area contributed by atoms with Gasteiger partial charge in [0.15, 0.2) is 5.69 Å². The van der Waals surface area contributed by atoms with Crippen molar-refractivity contribution in [2.24, 2.45) is 0 Å². The number of aliphatic hydroxyl groups excluding tert-OH is 5.